The molecule has 26 heavy (non-hydrogen) atoms. The number of anilines is 1. The molecule has 3 rings (SSSR count). The Hall–Kier alpha value is -1.97. The van der Waals surface area contributed by atoms with Crippen LogP contribution < -0.4 is 16.6 Å². The number of aliphatic hydroxyl groups is 1. The molecule has 1 aliphatic heterocycles. The Kier molecular flexibility index (Phi) is 5.90. The largest absolute Gasteiger partial charge is 0.390 e. The number of imidazole rings is 1. The van der Waals surface area contributed by atoms with E-state index in [-0.39, 0.29) is 23.1 Å². The van der Waals surface area contributed by atoms with Gasteiger partial charge in [-0.3, -0.25) is 14.3 Å². The predicted octanol–water partition coefficient (Wildman–Crippen LogP) is 0.965. The van der Waals surface area contributed by atoms with Gasteiger partial charge in [-0.2, -0.15) is 4.98 Å². The number of aromatic nitrogens is 4. The normalized spacial score (nSPS) is 25.8. The summed E-state index contributed by atoms with van der Waals surface area (Å²) in [4.78, 5) is 23.7. The van der Waals surface area contributed by atoms with E-state index in [1.165, 1.54) is 0 Å². The third kappa shape index (κ3) is 3.74. The van der Waals surface area contributed by atoms with Crippen molar-refractivity contribution in [2.24, 2.45) is 11.7 Å². The maximum Gasteiger partial charge on any atom is 0.280 e. The molecule has 4 atom stereocenters. The van der Waals surface area contributed by atoms with E-state index < -0.39 is 12.3 Å². The summed E-state index contributed by atoms with van der Waals surface area (Å²) in [5.41, 5.74) is 5.92. The molecule has 9 nitrogen and oxygen atoms in total. The first-order valence-corrected chi connectivity index (χ1v) is 9.27. The van der Waals surface area contributed by atoms with Crippen LogP contribution >= 0.6 is 0 Å². The summed E-state index contributed by atoms with van der Waals surface area (Å²) in [5.74, 6) is 0.296. The zero-order valence-electron chi connectivity index (χ0n) is 15.3. The first kappa shape index (κ1) is 18.8. The summed E-state index contributed by atoms with van der Waals surface area (Å²) < 4.78 is 7.57. The summed E-state index contributed by atoms with van der Waals surface area (Å²) in [6.07, 6.45) is 4.51. The minimum absolute atomic E-state index is 0.123. The van der Waals surface area contributed by atoms with Crippen molar-refractivity contribution in [3.8, 4) is 0 Å². The van der Waals surface area contributed by atoms with Gasteiger partial charge >= 0.3 is 0 Å². The van der Waals surface area contributed by atoms with E-state index in [1.54, 1.807) is 10.9 Å². The van der Waals surface area contributed by atoms with Crippen LogP contribution in [0.3, 0.4) is 0 Å². The first-order chi connectivity index (χ1) is 12.5. The van der Waals surface area contributed by atoms with Gasteiger partial charge in [-0.25, -0.2) is 4.98 Å². The van der Waals surface area contributed by atoms with Crippen molar-refractivity contribution >= 4 is 17.1 Å². The maximum absolute atomic E-state index is 12.3. The zero-order chi connectivity index (χ0) is 18.7. The molecule has 9 heteroatoms. The lowest BCUT2D eigenvalue weighted by molar-refractivity contribution is -0.00992. The van der Waals surface area contributed by atoms with E-state index in [0.29, 0.717) is 11.6 Å². The van der Waals surface area contributed by atoms with Gasteiger partial charge in [0.25, 0.3) is 5.56 Å². The highest BCUT2D eigenvalue weighted by molar-refractivity contribution is 5.70. The standard InChI is InChI=1S/C17H28N6O3/c1-10-13(24)11(2)26-16(10)23-9-20-12-14(23)21-17(22-15(12)25)19-8-6-4-3-5-7-18/h9-11,13,16,24H,3-8,18H2,1-2H3,(H2,19,21,22,25)/t10-,11-,13+,16-/m1/s1. The van der Waals surface area contributed by atoms with Crippen molar-refractivity contribution in [2.45, 2.75) is 58.0 Å². The van der Waals surface area contributed by atoms with E-state index >= 15 is 0 Å². The molecule has 1 fully saturated rings. The lowest BCUT2D eigenvalue weighted by Crippen LogP contribution is -2.23. The highest BCUT2D eigenvalue weighted by Crippen LogP contribution is 2.35. The quantitative estimate of drug-likeness (QED) is 0.513. The maximum atomic E-state index is 12.3. The number of H-pyrrole nitrogens is 1. The highest BCUT2D eigenvalue weighted by atomic mass is 16.5. The fourth-order valence-electron chi connectivity index (χ4n) is 3.37. The Morgan fingerprint density at radius 1 is 1.35 bits per heavy atom. The smallest absolute Gasteiger partial charge is 0.280 e. The van der Waals surface area contributed by atoms with Crippen LogP contribution in [-0.4, -0.2) is 49.9 Å². The Bertz CT molecular complexity index is 788. The van der Waals surface area contributed by atoms with E-state index in [9.17, 15) is 9.90 Å². The van der Waals surface area contributed by atoms with Crippen LogP contribution in [0.25, 0.3) is 11.2 Å². The monoisotopic (exact) mass is 364 g/mol. The highest BCUT2D eigenvalue weighted by Gasteiger charge is 2.40. The van der Waals surface area contributed by atoms with Gasteiger partial charge in [0.05, 0.1) is 18.5 Å². The van der Waals surface area contributed by atoms with Gasteiger partial charge in [0.2, 0.25) is 5.95 Å². The van der Waals surface area contributed by atoms with Crippen LogP contribution in [0, 0.1) is 5.92 Å². The van der Waals surface area contributed by atoms with E-state index in [1.807, 2.05) is 13.8 Å². The zero-order valence-corrected chi connectivity index (χ0v) is 15.3. The molecule has 0 amide bonds. The molecule has 3 heterocycles. The summed E-state index contributed by atoms with van der Waals surface area (Å²) in [6, 6.07) is 0. The number of nitrogens with one attached hydrogen (secondary N) is 2. The van der Waals surface area contributed by atoms with Crippen molar-refractivity contribution in [2.75, 3.05) is 18.4 Å². The molecule has 0 bridgehead atoms. The molecule has 1 saturated heterocycles. The van der Waals surface area contributed by atoms with E-state index in [4.69, 9.17) is 10.5 Å². The Labute approximate surface area is 152 Å². The number of ether oxygens (including phenoxy) is 1. The second-order valence-electron chi connectivity index (χ2n) is 6.95. The van der Waals surface area contributed by atoms with Crippen LogP contribution in [0.1, 0.15) is 45.8 Å². The molecule has 1 aliphatic rings. The molecule has 0 aromatic carbocycles. The van der Waals surface area contributed by atoms with Gasteiger partial charge in [0, 0.05) is 12.5 Å². The van der Waals surface area contributed by atoms with Crippen molar-refractivity contribution in [3.05, 3.63) is 16.7 Å². The van der Waals surface area contributed by atoms with Crippen molar-refractivity contribution in [1.82, 2.24) is 19.5 Å². The number of aliphatic hydroxyl groups excluding tert-OH is 1. The van der Waals surface area contributed by atoms with Crippen molar-refractivity contribution in [1.29, 1.82) is 0 Å². The molecule has 5 N–H and O–H groups in total. The Morgan fingerprint density at radius 2 is 2.12 bits per heavy atom. The number of fused-ring (bicyclic) bond motifs is 1. The second kappa shape index (κ2) is 8.15. The Balaban J connectivity index is 1.76. The molecule has 0 radical (unpaired) electrons. The molecule has 0 aliphatic carbocycles. The number of unbranched alkanes of at least 4 members (excludes halogenated alkanes) is 3. The van der Waals surface area contributed by atoms with Crippen LogP contribution in [0.15, 0.2) is 11.1 Å². The summed E-state index contributed by atoms with van der Waals surface area (Å²) in [7, 11) is 0. The van der Waals surface area contributed by atoms with E-state index in [0.717, 1.165) is 38.8 Å². The summed E-state index contributed by atoms with van der Waals surface area (Å²) >= 11 is 0. The second-order valence-corrected chi connectivity index (χ2v) is 6.95. The molecular formula is C17H28N6O3. The lowest BCUT2D eigenvalue weighted by Gasteiger charge is -2.17. The van der Waals surface area contributed by atoms with Gasteiger partial charge in [-0.15, -0.1) is 0 Å². The number of nitrogens with zero attached hydrogens (tertiary/aromatic N) is 3. The van der Waals surface area contributed by atoms with E-state index in [2.05, 4.69) is 20.3 Å². The molecule has 2 aromatic heterocycles. The number of rotatable bonds is 8. The number of aromatic amines is 1. The average Bonchev–Trinajstić information content (AvgIpc) is 3.15. The van der Waals surface area contributed by atoms with Crippen LogP contribution in [-0.2, 0) is 4.74 Å². The van der Waals surface area contributed by atoms with Gasteiger partial charge in [-0.05, 0) is 26.3 Å². The number of hydrogen-bond acceptors (Lipinski definition) is 7. The SMILES string of the molecule is C[C@@H]1[C@H](O)[C@@H](C)O[C@H]1n1cnc2c(=O)[nH]c(NCCCCCCN)nc21. The third-order valence-corrected chi connectivity index (χ3v) is 4.95. The van der Waals surface area contributed by atoms with Crippen LogP contribution in [0.2, 0.25) is 0 Å². The van der Waals surface area contributed by atoms with Crippen molar-refractivity contribution < 1.29 is 9.84 Å². The van der Waals surface area contributed by atoms with Gasteiger partial charge < -0.3 is 20.9 Å². The van der Waals surface area contributed by atoms with Crippen LogP contribution in [0.5, 0.6) is 0 Å². The fraction of sp³-hybridized carbons (Fsp3) is 0.706. The van der Waals surface area contributed by atoms with Crippen LogP contribution in [0.4, 0.5) is 5.95 Å². The first-order valence-electron chi connectivity index (χ1n) is 9.27. The minimum Gasteiger partial charge on any atom is -0.390 e. The summed E-state index contributed by atoms with van der Waals surface area (Å²) in [6.45, 7) is 5.19. The molecule has 0 unspecified atom stereocenters. The van der Waals surface area contributed by atoms with Gasteiger partial charge in [-0.1, -0.05) is 19.8 Å². The summed E-state index contributed by atoms with van der Waals surface area (Å²) in [5, 5.41) is 13.3. The topological polar surface area (TPSA) is 131 Å². The number of nitrogens with two attached hydrogens (primary N) is 1. The molecule has 2 aromatic rings. The Morgan fingerprint density at radius 3 is 2.81 bits per heavy atom. The molecule has 0 saturated carbocycles. The molecule has 144 valence electrons. The third-order valence-electron chi connectivity index (χ3n) is 4.95. The predicted molar refractivity (Wildman–Crippen MR) is 98.9 cm³/mol. The minimum atomic E-state index is -0.564. The number of hydrogen-bond donors (Lipinski definition) is 4. The lowest BCUT2D eigenvalue weighted by atomic mass is 10.0. The fourth-order valence-corrected chi connectivity index (χ4v) is 3.37. The molecular weight excluding hydrogens is 336 g/mol. The average molecular weight is 364 g/mol. The van der Waals surface area contributed by atoms with Gasteiger partial charge in [0.15, 0.2) is 11.2 Å². The molecule has 0 spiro atoms. The van der Waals surface area contributed by atoms with Gasteiger partial charge in [0.1, 0.15) is 6.23 Å². The van der Waals surface area contributed by atoms with Crippen molar-refractivity contribution in [3.63, 3.8) is 0 Å².